The molecule has 0 saturated heterocycles. The minimum absolute atomic E-state index is 0.217. The van der Waals surface area contributed by atoms with E-state index in [4.69, 9.17) is 16.3 Å². The number of imidazole rings is 1. The number of hydrogen-bond acceptors (Lipinski definition) is 4. The summed E-state index contributed by atoms with van der Waals surface area (Å²) in [6.07, 6.45) is 2.12. The smallest absolute Gasteiger partial charge is 0.306 e. The molecule has 3 aromatic rings. The molecule has 114 valence electrons. The quantitative estimate of drug-likeness (QED) is 0.749. The lowest BCUT2D eigenvalue weighted by Crippen LogP contribution is -2.12. The number of H-pyrrole nitrogens is 1. The van der Waals surface area contributed by atoms with Gasteiger partial charge in [-0.25, -0.2) is 4.98 Å². The van der Waals surface area contributed by atoms with Crippen molar-refractivity contribution in [2.75, 3.05) is 6.61 Å². The largest absolute Gasteiger partial charge is 0.466 e. The minimum atomic E-state index is -0.281. The van der Waals surface area contributed by atoms with Crippen LogP contribution in [0.15, 0.2) is 29.2 Å². The van der Waals surface area contributed by atoms with Crippen molar-refractivity contribution >= 4 is 34.1 Å². The minimum Gasteiger partial charge on any atom is -0.466 e. The number of benzene rings is 1. The maximum atomic E-state index is 12.1. The first-order chi connectivity index (χ1) is 10.6. The first kappa shape index (κ1) is 14.6. The summed E-state index contributed by atoms with van der Waals surface area (Å²) in [7, 11) is 0. The molecule has 0 radical (unpaired) electrons. The van der Waals surface area contributed by atoms with Crippen LogP contribution in [0.25, 0.3) is 16.6 Å². The highest BCUT2D eigenvalue weighted by atomic mass is 35.5. The highest BCUT2D eigenvalue weighted by molar-refractivity contribution is 6.31. The molecule has 0 aliphatic carbocycles. The fourth-order valence-electron chi connectivity index (χ4n) is 2.43. The van der Waals surface area contributed by atoms with Gasteiger partial charge in [-0.3, -0.25) is 14.0 Å². The Bertz CT molecular complexity index is 913. The van der Waals surface area contributed by atoms with E-state index in [1.807, 2.05) is 6.07 Å². The molecule has 0 amide bonds. The van der Waals surface area contributed by atoms with Crippen molar-refractivity contribution in [2.45, 2.75) is 19.8 Å². The van der Waals surface area contributed by atoms with Gasteiger partial charge in [-0.2, -0.15) is 0 Å². The van der Waals surface area contributed by atoms with Gasteiger partial charge in [-0.1, -0.05) is 11.6 Å². The summed E-state index contributed by atoms with van der Waals surface area (Å²) in [5, 5.41) is 0.538. The standard InChI is InChI=1S/C15H14ClN3O3/c1-2-22-14(20)6-5-13-17-8-12-15(21)18-10-7-9(16)3-4-11(10)19(12)13/h3-4,7-8H,2,5-6H2,1H3,(H,18,21). The summed E-state index contributed by atoms with van der Waals surface area (Å²) < 4.78 is 6.67. The summed E-state index contributed by atoms with van der Waals surface area (Å²) in [6.45, 7) is 2.11. The van der Waals surface area contributed by atoms with Crippen molar-refractivity contribution in [1.82, 2.24) is 14.4 Å². The molecule has 0 saturated carbocycles. The molecule has 1 N–H and O–H groups in total. The molecule has 0 bridgehead atoms. The molecule has 0 spiro atoms. The first-order valence-electron chi connectivity index (χ1n) is 6.93. The van der Waals surface area contributed by atoms with Crippen LogP contribution in [0, 0.1) is 0 Å². The fraction of sp³-hybridized carbons (Fsp3) is 0.267. The molecule has 3 rings (SSSR count). The van der Waals surface area contributed by atoms with Gasteiger partial charge in [0.1, 0.15) is 11.3 Å². The van der Waals surface area contributed by atoms with Crippen molar-refractivity contribution in [3.05, 3.63) is 45.6 Å². The SMILES string of the molecule is CCOC(=O)CCc1ncc2c(=O)[nH]c3cc(Cl)ccc3n12. The maximum Gasteiger partial charge on any atom is 0.306 e. The number of fused-ring (bicyclic) bond motifs is 3. The molecule has 0 aliphatic heterocycles. The fourth-order valence-corrected chi connectivity index (χ4v) is 2.60. The number of carbonyl (C=O) groups is 1. The predicted octanol–water partition coefficient (Wildman–Crippen LogP) is 2.32. The number of aromatic amines is 1. The van der Waals surface area contributed by atoms with Gasteiger partial charge in [0.05, 0.1) is 30.3 Å². The molecule has 6 nitrogen and oxygen atoms in total. The molecular weight excluding hydrogens is 306 g/mol. The van der Waals surface area contributed by atoms with Gasteiger partial charge in [-0.15, -0.1) is 0 Å². The number of aryl methyl sites for hydroxylation is 1. The summed E-state index contributed by atoms with van der Waals surface area (Å²) in [6, 6.07) is 5.25. The van der Waals surface area contributed by atoms with Gasteiger partial charge in [0, 0.05) is 11.4 Å². The number of esters is 1. The summed E-state index contributed by atoms with van der Waals surface area (Å²) in [5.74, 6) is 0.359. The van der Waals surface area contributed by atoms with Crippen LogP contribution >= 0.6 is 11.6 Å². The second-order valence-corrected chi connectivity index (χ2v) is 5.25. The van der Waals surface area contributed by atoms with Gasteiger partial charge in [-0.05, 0) is 25.1 Å². The number of ether oxygens (including phenoxy) is 1. The highest BCUT2D eigenvalue weighted by Gasteiger charge is 2.13. The van der Waals surface area contributed by atoms with E-state index in [1.54, 1.807) is 23.5 Å². The Balaban J connectivity index is 2.10. The van der Waals surface area contributed by atoms with Crippen LogP contribution in [-0.4, -0.2) is 26.9 Å². The van der Waals surface area contributed by atoms with Crippen molar-refractivity contribution < 1.29 is 9.53 Å². The van der Waals surface area contributed by atoms with E-state index < -0.39 is 0 Å². The predicted molar refractivity (Wildman–Crippen MR) is 83.3 cm³/mol. The Morgan fingerprint density at radius 2 is 2.23 bits per heavy atom. The molecule has 2 heterocycles. The Labute approximate surface area is 130 Å². The number of carbonyl (C=O) groups excluding carboxylic acids is 1. The Hall–Kier alpha value is -2.34. The van der Waals surface area contributed by atoms with E-state index in [-0.39, 0.29) is 17.9 Å². The zero-order valence-corrected chi connectivity index (χ0v) is 12.7. The number of aromatic nitrogens is 3. The Kier molecular flexibility index (Phi) is 3.85. The number of rotatable bonds is 4. The second-order valence-electron chi connectivity index (χ2n) is 4.82. The number of nitrogens with one attached hydrogen (secondary N) is 1. The van der Waals surface area contributed by atoms with Crippen LogP contribution < -0.4 is 5.56 Å². The number of hydrogen-bond donors (Lipinski definition) is 1. The van der Waals surface area contributed by atoms with E-state index in [0.717, 1.165) is 5.52 Å². The Morgan fingerprint density at radius 1 is 1.41 bits per heavy atom. The van der Waals surface area contributed by atoms with E-state index in [9.17, 15) is 9.59 Å². The van der Waals surface area contributed by atoms with E-state index >= 15 is 0 Å². The van der Waals surface area contributed by atoms with E-state index in [0.29, 0.717) is 34.9 Å². The summed E-state index contributed by atoms with van der Waals surface area (Å²) >= 11 is 5.97. The lowest BCUT2D eigenvalue weighted by Gasteiger charge is -2.06. The number of halogens is 1. The van der Waals surface area contributed by atoms with Crippen LogP contribution in [0.1, 0.15) is 19.2 Å². The molecule has 1 aromatic carbocycles. The lowest BCUT2D eigenvalue weighted by atomic mass is 10.2. The molecule has 2 aromatic heterocycles. The molecule has 22 heavy (non-hydrogen) atoms. The van der Waals surface area contributed by atoms with Gasteiger partial charge in [0.2, 0.25) is 0 Å². The van der Waals surface area contributed by atoms with Crippen molar-refractivity contribution in [3.63, 3.8) is 0 Å². The molecular formula is C15H14ClN3O3. The lowest BCUT2D eigenvalue weighted by molar-refractivity contribution is -0.143. The number of nitrogens with zero attached hydrogens (tertiary/aromatic N) is 2. The third kappa shape index (κ3) is 2.57. The summed E-state index contributed by atoms with van der Waals surface area (Å²) in [5.41, 5.74) is 1.61. The van der Waals surface area contributed by atoms with Crippen molar-refractivity contribution in [2.24, 2.45) is 0 Å². The monoisotopic (exact) mass is 319 g/mol. The molecule has 0 unspecified atom stereocenters. The van der Waals surface area contributed by atoms with Crippen LogP contribution in [0.3, 0.4) is 0 Å². The van der Waals surface area contributed by atoms with E-state index in [1.165, 1.54) is 6.20 Å². The molecule has 0 aliphatic rings. The van der Waals surface area contributed by atoms with Gasteiger partial charge >= 0.3 is 5.97 Å². The van der Waals surface area contributed by atoms with Gasteiger partial charge in [0.25, 0.3) is 5.56 Å². The normalized spacial score (nSPS) is 11.2. The van der Waals surface area contributed by atoms with Gasteiger partial charge in [0.15, 0.2) is 0 Å². The van der Waals surface area contributed by atoms with E-state index in [2.05, 4.69) is 9.97 Å². The maximum absolute atomic E-state index is 12.1. The zero-order chi connectivity index (χ0) is 15.7. The average molecular weight is 320 g/mol. The Morgan fingerprint density at radius 3 is 3.00 bits per heavy atom. The van der Waals surface area contributed by atoms with Crippen LogP contribution in [0.2, 0.25) is 5.02 Å². The highest BCUT2D eigenvalue weighted by Crippen LogP contribution is 2.19. The molecule has 7 heteroatoms. The molecule has 0 fully saturated rings. The van der Waals surface area contributed by atoms with Crippen LogP contribution in [0.5, 0.6) is 0 Å². The topological polar surface area (TPSA) is 76.5 Å². The van der Waals surface area contributed by atoms with Gasteiger partial charge < -0.3 is 9.72 Å². The first-order valence-corrected chi connectivity index (χ1v) is 7.31. The van der Waals surface area contributed by atoms with Crippen LogP contribution in [-0.2, 0) is 16.0 Å². The summed E-state index contributed by atoms with van der Waals surface area (Å²) in [4.78, 5) is 30.7. The van der Waals surface area contributed by atoms with Crippen molar-refractivity contribution in [3.8, 4) is 0 Å². The zero-order valence-electron chi connectivity index (χ0n) is 11.9. The van der Waals surface area contributed by atoms with Crippen LogP contribution in [0.4, 0.5) is 0 Å². The second kappa shape index (κ2) is 5.81. The van der Waals surface area contributed by atoms with Crippen molar-refractivity contribution in [1.29, 1.82) is 0 Å². The average Bonchev–Trinajstić information content (AvgIpc) is 2.90. The third-order valence-electron chi connectivity index (χ3n) is 3.37. The molecule has 0 atom stereocenters. The third-order valence-corrected chi connectivity index (χ3v) is 3.61.